The molecular formula is C20H30N2O5S. The van der Waals surface area contributed by atoms with Crippen LogP contribution in [0.1, 0.15) is 56.9 Å². The van der Waals surface area contributed by atoms with Gasteiger partial charge in [0.15, 0.2) is 6.61 Å². The van der Waals surface area contributed by atoms with Gasteiger partial charge in [0.2, 0.25) is 10.0 Å². The van der Waals surface area contributed by atoms with Gasteiger partial charge in [-0.25, -0.2) is 13.6 Å². The summed E-state index contributed by atoms with van der Waals surface area (Å²) in [7, 11) is -3.70. The molecule has 1 fully saturated rings. The average Bonchev–Trinajstić information content (AvgIpc) is 2.67. The Bertz CT molecular complexity index is 740. The van der Waals surface area contributed by atoms with E-state index in [4.69, 9.17) is 9.88 Å². The molecule has 1 saturated carbocycles. The number of amides is 1. The highest BCUT2D eigenvalue weighted by molar-refractivity contribution is 7.89. The Morgan fingerprint density at radius 1 is 1.11 bits per heavy atom. The van der Waals surface area contributed by atoms with Crippen molar-refractivity contribution in [3.05, 3.63) is 29.8 Å². The number of benzene rings is 1. The zero-order valence-electron chi connectivity index (χ0n) is 16.2. The molecular weight excluding hydrogens is 380 g/mol. The van der Waals surface area contributed by atoms with E-state index in [0.717, 1.165) is 24.3 Å². The number of carbonyl (C=O) groups excluding carboxylic acids is 2. The molecule has 0 heterocycles. The minimum Gasteiger partial charge on any atom is -0.456 e. The fraction of sp³-hybridized carbons (Fsp3) is 0.600. The first-order valence-electron chi connectivity index (χ1n) is 9.88. The summed E-state index contributed by atoms with van der Waals surface area (Å²) >= 11 is 0. The van der Waals surface area contributed by atoms with Crippen LogP contribution in [0.2, 0.25) is 0 Å². The Balaban J connectivity index is 1.56. The predicted octanol–water partition coefficient (Wildman–Crippen LogP) is 2.29. The van der Waals surface area contributed by atoms with Gasteiger partial charge < -0.3 is 10.1 Å². The van der Waals surface area contributed by atoms with E-state index in [0.29, 0.717) is 19.4 Å². The van der Waals surface area contributed by atoms with E-state index >= 15 is 0 Å². The first-order chi connectivity index (χ1) is 13.3. The summed E-state index contributed by atoms with van der Waals surface area (Å²) in [5.41, 5.74) is 0.868. The second kappa shape index (κ2) is 11.2. The molecule has 0 bridgehead atoms. The maximum atomic E-state index is 11.8. The fourth-order valence-electron chi connectivity index (χ4n) is 3.47. The number of hydrogen-bond acceptors (Lipinski definition) is 5. The van der Waals surface area contributed by atoms with Crippen LogP contribution in [-0.4, -0.2) is 33.4 Å². The summed E-state index contributed by atoms with van der Waals surface area (Å²) < 4.78 is 27.4. The topological polar surface area (TPSA) is 116 Å². The molecule has 0 saturated heterocycles. The smallest absolute Gasteiger partial charge is 0.306 e. The summed E-state index contributed by atoms with van der Waals surface area (Å²) in [6.45, 7) is 0.0966. The monoisotopic (exact) mass is 410 g/mol. The highest BCUT2D eigenvalue weighted by atomic mass is 32.2. The van der Waals surface area contributed by atoms with Gasteiger partial charge in [0, 0.05) is 13.0 Å². The number of ether oxygens (including phenoxy) is 1. The van der Waals surface area contributed by atoms with Crippen molar-refractivity contribution < 1.29 is 22.7 Å². The molecule has 3 N–H and O–H groups in total. The first-order valence-corrected chi connectivity index (χ1v) is 11.4. The van der Waals surface area contributed by atoms with Crippen molar-refractivity contribution >= 4 is 21.9 Å². The summed E-state index contributed by atoms with van der Waals surface area (Å²) in [5, 5.41) is 7.73. The molecule has 0 unspecified atom stereocenters. The van der Waals surface area contributed by atoms with Crippen LogP contribution in [0.25, 0.3) is 0 Å². The van der Waals surface area contributed by atoms with Crippen LogP contribution in [-0.2, 0) is 30.8 Å². The van der Waals surface area contributed by atoms with E-state index in [9.17, 15) is 18.0 Å². The fourth-order valence-corrected chi connectivity index (χ4v) is 3.99. The molecule has 156 valence electrons. The van der Waals surface area contributed by atoms with E-state index in [-0.39, 0.29) is 23.4 Å². The highest BCUT2D eigenvalue weighted by Crippen LogP contribution is 2.27. The Labute approximate surface area is 167 Å². The number of nitrogens with one attached hydrogen (secondary N) is 1. The van der Waals surface area contributed by atoms with E-state index in [1.165, 1.54) is 44.2 Å². The van der Waals surface area contributed by atoms with E-state index in [1.807, 2.05) is 0 Å². The van der Waals surface area contributed by atoms with E-state index in [2.05, 4.69) is 5.32 Å². The molecule has 1 aromatic carbocycles. The molecule has 1 aliphatic carbocycles. The van der Waals surface area contributed by atoms with Crippen LogP contribution in [0.5, 0.6) is 0 Å². The van der Waals surface area contributed by atoms with Crippen molar-refractivity contribution in [1.82, 2.24) is 5.32 Å². The first kappa shape index (κ1) is 22.4. The van der Waals surface area contributed by atoms with Crippen LogP contribution >= 0.6 is 0 Å². The van der Waals surface area contributed by atoms with Crippen molar-refractivity contribution in [2.75, 3.05) is 13.2 Å². The van der Waals surface area contributed by atoms with Crippen molar-refractivity contribution in [1.29, 1.82) is 0 Å². The molecule has 2 rings (SSSR count). The zero-order valence-corrected chi connectivity index (χ0v) is 17.0. The van der Waals surface area contributed by atoms with Gasteiger partial charge in [0.05, 0.1) is 4.90 Å². The average molecular weight is 411 g/mol. The van der Waals surface area contributed by atoms with Crippen molar-refractivity contribution in [3.63, 3.8) is 0 Å². The molecule has 8 heteroatoms. The molecule has 28 heavy (non-hydrogen) atoms. The number of rotatable bonds is 10. The second-order valence-electron chi connectivity index (χ2n) is 7.35. The number of carbonyl (C=O) groups is 2. The number of primary sulfonamides is 1. The maximum absolute atomic E-state index is 11.8. The number of esters is 1. The van der Waals surface area contributed by atoms with Gasteiger partial charge in [0.1, 0.15) is 0 Å². The van der Waals surface area contributed by atoms with Crippen molar-refractivity contribution in [3.8, 4) is 0 Å². The molecule has 0 aliphatic heterocycles. The lowest BCUT2D eigenvalue weighted by molar-refractivity contribution is -0.148. The molecule has 0 radical (unpaired) electrons. The quantitative estimate of drug-likeness (QED) is 0.574. The summed E-state index contributed by atoms with van der Waals surface area (Å²) in [4.78, 5) is 23.5. The van der Waals surface area contributed by atoms with Gasteiger partial charge >= 0.3 is 5.97 Å². The highest BCUT2D eigenvalue weighted by Gasteiger charge is 2.14. The largest absolute Gasteiger partial charge is 0.456 e. The third-order valence-corrected chi connectivity index (χ3v) is 6.00. The van der Waals surface area contributed by atoms with Crippen LogP contribution < -0.4 is 10.5 Å². The van der Waals surface area contributed by atoms with E-state index in [1.54, 1.807) is 12.1 Å². The van der Waals surface area contributed by atoms with Gasteiger partial charge in [0.25, 0.3) is 5.91 Å². The third-order valence-electron chi connectivity index (χ3n) is 5.07. The minimum absolute atomic E-state index is 0.0516. The Hall–Kier alpha value is -1.93. The van der Waals surface area contributed by atoms with Gasteiger partial charge in [-0.15, -0.1) is 0 Å². The zero-order chi connectivity index (χ0) is 20.4. The lowest BCUT2D eigenvalue weighted by Gasteiger charge is -2.20. The van der Waals surface area contributed by atoms with Crippen LogP contribution in [0.15, 0.2) is 29.2 Å². The van der Waals surface area contributed by atoms with Crippen LogP contribution in [0, 0.1) is 5.92 Å². The standard InChI is InChI=1S/C20H30N2O5S/c21-28(25,26)18-11-9-17(10-12-18)13-14-22-19(23)15-27-20(24)8-4-7-16-5-2-1-3-6-16/h9-12,16H,1-8,13-15H2,(H,22,23)(H2,21,25,26). The minimum atomic E-state index is -3.70. The summed E-state index contributed by atoms with van der Waals surface area (Å²) in [6.07, 6.45) is 9.23. The lowest BCUT2D eigenvalue weighted by Crippen LogP contribution is -2.30. The van der Waals surface area contributed by atoms with Gasteiger partial charge in [-0.2, -0.15) is 0 Å². The second-order valence-corrected chi connectivity index (χ2v) is 8.91. The van der Waals surface area contributed by atoms with E-state index < -0.39 is 10.0 Å². The Morgan fingerprint density at radius 2 is 1.79 bits per heavy atom. The number of sulfonamides is 1. The van der Waals surface area contributed by atoms with Crippen molar-refractivity contribution in [2.45, 2.75) is 62.7 Å². The molecule has 0 atom stereocenters. The van der Waals surface area contributed by atoms with Gasteiger partial charge in [-0.1, -0.05) is 44.2 Å². The SMILES string of the molecule is NS(=O)(=O)c1ccc(CCNC(=O)COC(=O)CCCC2CCCCC2)cc1. The number of nitrogens with two attached hydrogens (primary N) is 1. The summed E-state index contributed by atoms with van der Waals surface area (Å²) in [5.74, 6) is 0.0650. The third kappa shape index (κ3) is 8.39. The predicted molar refractivity (Wildman–Crippen MR) is 106 cm³/mol. The Morgan fingerprint density at radius 3 is 2.43 bits per heavy atom. The van der Waals surface area contributed by atoms with Crippen LogP contribution in [0.4, 0.5) is 0 Å². The van der Waals surface area contributed by atoms with Crippen LogP contribution in [0.3, 0.4) is 0 Å². The normalized spacial score (nSPS) is 15.2. The summed E-state index contributed by atoms with van der Waals surface area (Å²) in [6, 6.07) is 6.17. The maximum Gasteiger partial charge on any atom is 0.306 e. The number of hydrogen-bond donors (Lipinski definition) is 2. The van der Waals surface area contributed by atoms with Gasteiger partial charge in [-0.05, 0) is 42.9 Å². The van der Waals surface area contributed by atoms with Gasteiger partial charge in [-0.3, -0.25) is 9.59 Å². The molecule has 0 aromatic heterocycles. The van der Waals surface area contributed by atoms with Crippen molar-refractivity contribution in [2.24, 2.45) is 11.1 Å². The Kier molecular flexibility index (Phi) is 8.92. The molecule has 0 spiro atoms. The lowest BCUT2D eigenvalue weighted by atomic mass is 9.86. The molecule has 1 aromatic rings. The molecule has 1 amide bonds. The molecule has 7 nitrogen and oxygen atoms in total. The molecule has 1 aliphatic rings.